The maximum atomic E-state index is 13.0. The number of benzene rings is 3. The Balaban J connectivity index is 1.43. The monoisotopic (exact) mass is 552 g/mol. The molecule has 1 amide bonds. The van der Waals surface area contributed by atoms with E-state index in [4.69, 9.17) is 23.9 Å². The lowest BCUT2D eigenvalue weighted by molar-refractivity contribution is -0.115. The molecular formula is C33H32N2O6. The predicted octanol–water partition coefficient (Wildman–Crippen LogP) is 5.59. The zero-order chi connectivity index (χ0) is 28.4. The summed E-state index contributed by atoms with van der Waals surface area (Å²) in [6.45, 7) is 1.97. The molecule has 0 radical (unpaired) electrons. The summed E-state index contributed by atoms with van der Waals surface area (Å²) in [5.41, 5.74) is 6.86. The van der Waals surface area contributed by atoms with E-state index in [-0.39, 0.29) is 12.3 Å². The highest BCUT2D eigenvalue weighted by molar-refractivity contribution is 6.02. The van der Waals surface area contributed by atoms with Crippen molar-refractivity contribution < 1.29 is 28.5 Å². The normalized spacial score (nSPS) is 12.1. The number of anilines is 1. The number of nitrogens with zero attached hydrogens (tertiary/aromatic N) is 1. The maximum Gasteiger partial charge on any atom is 0.228 e. The molecule has 1 N–H and O–H groups in total. The standard InChI is InChI=1S/C33H32N2O6/c1-38-31-20-24(12-13-30(31)41-19-18-40-17-16-39-15-7-14-36)26-21-29(23-8-3-2-4-9-23)35-33-25-10-5-6-11-28(25)34-32(37)22-27(26)33/h2-6,8-14,20-21H,7,15-19,22H2,1H3,(H,34,37). The van der Waals surface area contributed by atoms with Gasteiger partial charge in [0, 0.05) is 17.5 Å². The highest BCUT2D eigenvalue weighted by Gasteiger charge is 2.25. The molecule has 0 saturated heterocycles. The number of methoxy groups -OCH3 is 1. The number of ether oxygens (including phenoxy) is 4. The highest BCUT2D eigenvalue weighted by atomic mass is 16.6. The number of hydrogen-bond acceptors (Lipinski definition) is 7. The van der Waals surface area contributed by atoms with Crippen LogP contribution in [0.2, 0.25) is 0 Å². The van der Waals surface area contributed by atoms with Crippen LogP contribution in [0.4, 0.5) is 5.69 Å². The molecule has 0 bridgehead atoms. The van der Waals surface area contributed by atoms with Gasteiger partial charge in [0.1, 0.15) is 12.9 Å². The summed E-state index contributed by atoms with van der Waals surface area (Å²) in [5.74, 6) is 1.08. The Hall–Kier alpha value is -4.53. The Labute approximate surface area is 239 Å². The third-order valence-electron chi connectivity index (χ3n) is 6.70. The molecule has 0 unspecified atom stereocenters. The van der Waals surface area contributed by atoms with E-state index in [2.05, 4.69) is 5.32 Å². The van der Waals surface area contributed by atoms with Gasteiger partial charge in [0.25, 0.3) is 0 Å². The van der Waals surface area contributed by atoms with Crippen molar-refractivity contribution in [2.45, 2.75) is 12.8 Å². The molecule has 0 aliphatic carbocycles. The summed E-state index contributed by atoms with van der Waals surface area (Å²) in [7, 11) is 1.60. The summed E-state index contributed by atoms with van der Waals surface area (Å²) in [4.78, 5) is 28.4. The van der Waals surface area contributed by atoms with Crippen molar-refractivity contribution in [3.63, 3.8) is 0 Å². The molecule has 8 heteroatoms. The molecule has 0 atom stereocenters. The van der Waals surface area contributed by atoms with Crippen LogP contribution < -0.4 is 14.8 Å². The van der Waals surface area contributed by atoms with E-state index in [9.17, 15) is 9.59 Å². The Morgan fingerprint density at radius 3 is 2.37 bits per heavy atom. The molecule has 1 aliphatic heterocycles. The van der Waals surface area contributed by atoms with E-state index in [0.29, 0.717) is 51.0 Å². The molecule has 0 saturated carbocycles. The minimum Gasteiger partial charge on any atom is -0.493 e. The zero-order valence-corrected chi connectivity index (χ0v) is 22.9. The van der Waals surface area contributed by atoms with Crippen LogP contribution in [0.5, 0.6) is 11.5 Å². The Morgan fingerprint density at radius 2 is 1.56 bits per heavy atom. The van der Waals surface area contributed by atoms with Gasteiger partial charge in [-0.15, -0.1) is 0 Å². The van der Waals surface area contributed by atoms with Crippen molar-refractivity contribution in [1.29, 1.82) is 0 Å². The third-order valence-corrected chi connectivity index (χ3v) is 6.70. The fourth-order valence-corrected chi connectivity index (χ4v) is 4.76. The number of nitrogens with one attached hydrogen (secondary N) is 1. The van der Waals surface area contributed by atoms with Gasteiger partial charge in [-0.2, -0.15) is 0 Å². The first-order valence-corrected chi connectivity index (χ1v) is 13.6. The second kappa shape index (κ2) is 13.7. The molecule has 2 heterocycles. The van der Waals surface area contributed by atoms with E-state index < -0.39 is 0 Å². The minimum absolute atomic E-state index is 0.0900. The van der Waals surface area contributed by atoms with E-state index in [1.807, 2.05) is 78.9 Å². The average Bonchev–Trinajstić information content (AvgIpc) is 3.15. The van der Waals surface area contributed by atoms with Crippen molar-refractivity contribution >= 4 is 17.9 Å². The van der Waals surface area contributed by atoms with E-state index in [1.165, 1.54) is 0 Å². The van der Waals surface area contributed by atoms with Crippen LogP contribution in [0.25, 0.3) is 33.6 Å². The minimum atomic E-state index is -0.0900. The first-order valence-electron chi connectivity index (χ1n) is 13.6. The van der Waals surface area contributed by atoms with Crippen LogP contribution in [0.1, 0.15) is 12.0 Å². The van der Waals surface area contributed by atoms with Crippen LogP contribution >= 0.6 is 0 Å². The average molecular weight is 553 g/mol. The summed E-state index contributed by atoms with van der Waals surface area (Å²) in [6.07, 6.45) is 1.41. The Bertz CT molecular complexity index is 1510. The first-order chi connectivity index (χ1) is 20.2. The molecule has 41 heavy (non-hydrogen) atoms. The van der Waals surface area contributed by atoms with Crippen molar-refractivity contribution in [2.24, 2.45) is 0 Å². The summed E-state index contributed by atoms with van der Waals surface area (Å²) >= 11 is 0. The molecule has 4 aromatic rings. The third kappa shape index (κ3) is 6.80. The van der Waals surface area contributed by atoms with Crippen molar-refractivity contribution in [1.82, 2.24) is 4.98 Å². The van der Waals surface area contributed by atoms with E-state index >= 15 is 0 Å². The van der Waals surface area contributed by atoms with Crippen LogP contribution in [-0.4, -0.2) is 57.3 Å². The van der Waals surface area contributed by atoms with Gasteiger partial charge in [-0.25, -0.2) is 4.98 Å². The van der Waals surface area contributed by atoms with E-state index in [0.717, 1.165) is 51.2 Å². The Kier molecular flexibility index (Phi) is 9.36. The van der Waals surface area contributed by atoms with Crippen molar-refractivity contribution in [3.8, 4) is 45.1 Å². The number of fused-ring (bicyclic) bond motifs is 3. The summed E-state index contributed by atoms with van der Waals surface area (Å²) in [6, 6.07) is 25.6. The number of pyridine rings is 1. The number of aromatic nitrogens is 1. The second-order valence-corrected chi connectivity index (χ2v) is 9.41. The first kappa shape index (κ1) is 28.0. The number of aldehydes is 1. The van der Waals surface area contributed by atoms with Gasteiger partial charge in [0.15, 0.2) is 11.5 Å². The van der Waals surface area contributed by atoms with Crippen molar-refractivity contribution in [3.05, 3.63) is 84.4 Å². The molecule has 210 valence electrons. The van der Waals surface area contributed by atoms with Gasteiger partial charge < -0.3 is 29.1 Å². The van der Waals surface area contributed by atoms with Gasteiger partial charge in [0.2, 0.25) is 5.91 Å². The molecular weight excluding hydrogens is 520 g/mol. The highest BCUT2D eigenvalue weighted by Crippen LogP contribution is 2.41. The molecule has 1 aliphatic rings. The Morgan fingerprint density at radius 1 is 0.805 bits per heavy atom. The van der Waals surface area contributed by atoms with Gasteiger partial charge in [0.05, 0.1) is 57.0 Å². The molecule has 0 spiro atoms. The molecule has 8 nitrogen and oxygen atoms in total. The van der Waals surface area contributed by atoms with Gasteiger partial charge in [-0.05, 0) is 41.0 Å². The number of amides is 1. The molecule has 3 aromatic carbocycles. The zero-order valence-electron chi connectivity index (χ0n) is 22.9. The molecule has 5 rings (SSSR count). The number of carbonyl (C=O) groups excluding carboxylic acids is 2. The smallest absolute Gasteiger partial charge is 0.228 e. The van der Waals surface area contributed by atoms with Crippen LogP contribution in [0.3, 0.4) is 0 Å². The maximum absolute atomic E-state index is 13.0. The predicted molar refractivity (Wildman–Crippen MR) is 157 cm³/mol. The molecule has 1 aromatic heterocycles. The second-order valence-electron chi connectivity index (χ2n) is 9.41. The quantitative estimate of drug-likeness (QED) is 0.171. The van der Waals surface area contributed by atoms with Gasteiger partial charge >= 0.3 is 0 Å². The van der Waals surface area contributed by atoms with Gasteiger partial charge in [-0.1, -0.05) is 54.6 Å². The van der Waals surface area contributed by atoms with Crippen LogP contribution in [-0.2, 0) is 25.5 Å². The summed E-state index contributed by atoms with van der Waals surface area (Å²) < 4.78 is 22.5. The molecule has 0 fully saturated rings. The van der Waals surface area contributed by atoms with Crippen molar-refractivity contribution in [2.75, 3.05) is 45.5 Å². The number of rotatable bonds is 13. The topological polar surface area (TPSA) is 96.0 Å². The number of hydrogen-bond donors (Lipinski definition) is 1. The fraction of sp³-hybridized carbons (Fsp3) is 0.242. The lowest BCUT2D eigenvalue weighted by Crippen LogP contribution is -2.13. The van der Waals surface area contributed by atoms with Crippen LogP contribution in [0, 0.1) is 0 Å². The number of carbonyl (C=O) groups is 2. The SMILES string of the molecule is COc1cc(-c2cc(-c3ccccc3)nc3c2CC(=O)Nc2ccccc2-3)ccc1OCCOCCOCCC=O. The largest absolute Gasteiger partial charge is 0.493 e. The lowest BCUT2D eigenvalue weighted by Gasteiger charge is -2.17. The van der Waals surface area contributed by atoms with Crippen LogP contribution in [0.15, 0.2) is 78.9 Å². The fourth-order valence-electron chi connectivity index (χ4n) is 4.76. The summed E-state index contributed by atoms with van der Waals surface area (Å²) in [5, 5.41) is 3.03. The lowest BCUT2D eigenvalue weighted by atomic mass is 9.92. The number of para-hydroxylation sites is 1. The van der Waals surface area contributed by atoms with Gasteiger partial charge in [-0.3, -0.25) is 4.79 Å². The van der Waals surface area contributed by atoms with E-state index in [1.54, 1.807) is 7.11 Å².